The van der Waals surface area contributed by atoms with Crippen LogP contribution in [-0.2, 0) is 22.4 Å². The minimum absolute atomic E-state index is 0.154. The molecule has 1 aliphatic rings. The quantitative estimate of drug-likeness (QED) is 0.797. The van der Waals surface area contributed by atoms with Crippen LogP contribution in [0.3, 0.4) is 0 Å². The van der Waals surface area contributed by atoms with Crippen molar-refractivity contribution in [3.63, 3.8) is 0 Å². The topological polar surface area (TPSA) is 55.8 Å². The van der Waals surface area contributed by atoms with Crippen LogP contribution in [0.25, 0.3) is 0 Å². The van der Waals surface area contributed by atoms with Gasteiger partial charge in [0, 0.05) is 25.0 Å². The molecule has 0 aromatic heterocycles. The fourth-order valence-corrected chi connectivity index (χ4v) is 2.46. The van der Waals surface area contributed by atoms with E-state index >= 15 is 0 Å². The fourth-order valence-electron chi connectivity index (χ4n) is 2.46. The van der Waals surface area contributed by atoms with Crippen LogP contribution in [0.15, 0.2) is 18.2 Å². The van der Waals surface area contributed by atoms with Gasteiger partial charge in [-0.15, -0.1) is 0 Å². The molecule has 0 bridgehead atoms. The number of fused-ring (bicyclic) bond motifs is 1. The number of carbonyl (C=O) groups excluding carboxylic acids is 1. The number of ether oxygens (including phenoxy) is 2. The average molecular weight is 264 g/mol. The van der Waals surface area contributed by atoms with Crippen molar-refractivity contribution in [3.05, 3.63) is 29.3 Å². The first-order chi connectivity index (χ1) is 9.24. The van der Waals surface area contributed by atoms with Crippen molar-refractivity contribution in [2.45, 2.75) is 38.2 Å². The third-order valence-corrected chi connectivity index (χ3v) is 3.47. The maximum atomic E-state index is 11.2. The van der Waals surface area contributed by atoms with Gasteiger partial charge in [-0.3, -0.25) is 4.79 Å². The molecule has 0 amide bonds. The molecule has 4 nitrogen and oxygen atoms in total. The van der Waals surface area contributed by atoms with Crippen LogP contribution in [-0.4, -0.2) is 30.9 Å². The van der Waals surface area contributed by atoms with Gasteiger partial charge in [0.05, 0.1) is 7.11 Å². The van der Waals surface area contributed by atoms with E-state index in [1.54, 1.807) is 0 Å². The molecule has 1 atom stereocenters. The third kappa shape index (κ3) is 3.47. The van der Waals surface area contributed by atoms with Gasteiger partial charge in [-0.25, -0.2) is 0 Å². The minimum Gasteiger partial charge on any atom is -0.490 e. The highest BCUT2D eigenvalue weighted by Gasteiger charge is 2.24. The molecular formula is C15H20O4. The Morgan fingerprint density at radius 1 is 1.53 bits per heavy atom. The van der Waals surface area contributed by atoms with Gasteiger partial charge < -0.3 is 14.6 Å². The molecule has 0 saturated carbocycles. The van der Waals surface area contributed by atoms with Crippen molar-refractivity contribution in [2.75, 3.05) is 13.7 Å². The van der Waals surface area contributed by atoms with E-state index in [-0.39, 0.29) is 18.7 Å². The van der Waals surface area contributed by atoms with Gasteiger partial charge in [-0.05, 0) is 30.9 Å². The molecule has 19 heavy (non-hydrogen) atoms. The third-order valence-electron chi connectivity index (χ3n) is 3.47. The number of esters is 1. The van der Waals surface area contributed by atoms with Gasteiger partial charge in [0.2, 0.25) is 0 Å². The van der Waals surface area contributed by atoms with Crippen LogP contribution in [0, 0.1) is 0 Å². The van der Waals surface area contributed by atoms with E-state index in [1.165, 1.54) is 12.7 Å². The second-order valence-electron chi connectivity index (χ2n) is 4.78. The molecule has 1 heterocycles. The highest BCUT2D eigenvalue weighted by molar-refractivity contribution is 5.69. The average Bonchev–Trinajstić information content (AvgIpc) is 2.85. The van der Waals surface area contributed by atoms with Crippen LogP contribution < -0.4 is 4.74 Å². The lowest BCUT2D eigenvalue weighted by atomic mass is 9.98. The lowest BCUT2D eigenvalue weighted by molar-refractivity contribution is -0.140. The zero-order chi connectivity index (χ0) is 13.7. The van der Waals surface area contributed by atoms with E-state index in [4.69, 9.17) is 9.84 Å². The number of rotatable bonds is 6. The zero-order valence-corrected chi connectivity index (χ0v) is 11.2. The predicted molar refractivity (Wildman–Crippen MR) is 71.2 cm³/mol. The molecule has 0 fully saturated rings. The number of carbonyl (C=O) groups is 1. The van der Waals surface area contributed by atoms with Gasteiger partial charge >= 0.3 is 5.97 Å². The summed E-state index contributed by atoms with van der Waals surface area (Å²) in [6, 6.07) is 5.97. The molecule has 0 aliphatic carbocycles. The van der Waals surface area contributed by atoms with E-state index in [1.807, 2.05) is 18.2 Å². The molecule has 1 aliphatic heterocycles. The molecule has 0 spiro atoms. The standard InChI is InChI=1S/C15H20O4/c1-18-15(17)8-7-11-4-2-6-14-13(11)10-12(19-14)5-3-9-16/h2,4,6,12,16H,3,5,7-10H2,1H3/t12-/m1/s1. The largest absolute Gasteiger partial charge is 0.490 e. The second-order valence-corrected chi connectivity index (χ2v) is 4.78. The number of hydrogen-bond acceptors (Lipinski definition) is 4. The summed E-state index contributed by atoms with van der Waals surface area (Å²) in [6.45, 7) is 0.200. The monoisotopic (exact) mass is 264 g/mol. The Balaban J connectivity index is 2.01. The van der Waals surface area contributed by atoms with Crippen LogP contribution in [0.4, 0.5) is 0 Å². The SMILES string of the molecule is COC(=O)CCc1cccc2c1C[C@@H](CCCO)O2. The normalized spacial score (nSPS) is 16.8. The Morgan fingerprint density at radius 3 is 3.11 bits per heavy atom. The van der Waals surface area contributed by atoms with Crippen molar-refractivity contribution in [3.8, 4) is 5.75 Å². The number of hydrogen-bond donors (Lipinski definition) is 1. The molecule has 0 radical (unpaired) electrons. The lowest BCUT2D eigenvalue weighted by Crippen LogP contribution is -2.13. The first-order valence-corrected chi connectivity index (χ1v) is 6.69. The summed E-state index contributed by atoms with van der Waals surface area (Å²) in [5.74, 6) is 0.735. The summed E-state index contributed by atoms with van der Waals surface area (Å²) < 4.78 is 10.5. The first kappa shape index (κ1) is 13.9. The molecule has 2 rings (SSSR count). The van der Waals surface area contributed by atoms with Gasteiger partial charge in [-0.1, -0.05) is 12.1 Å². The maximum absolute atomic E-state index is 11.2. The number of aliphatic hydroxyl groups excluding tert-OH is 1. The highest BCUT2D eigenvalue weighted by Crippen LogP contribution is 2.33. The summed E-state index contributed by atoms with van der Waals surface area (Å²) in [5, 5.41) is 8.86. The Labute approximate surface area is 113 Å². The van der Waals surface area contributed by atoms with Gasteiger partial charge in [0.1, 0.15) is 11.9 Å². The molecule has 4 heteroatoms. The fraction of sp³-hybridized carbons (Fsp3) is 0.533. The molecule has 0 unspecified atom stereocenters. The van der Waals surface area contributed by atoms with E-state index < -0.39 is 0 Å². The van der Waals surface area contributed by atoms with Crippen LogP contribution in [0.1, 0.15) is 30.4 Å². The van der Waals surface area contributed by atoms with Crippen molar-refractivity contribution >= 4 is 5.97 Å². The highest BCUT2D eigenvalue weighted by atomic mass is 16.5. The van der Waals surface area contributed by atoms with E-state index in [2.05, 4.69) is 4.74 Å². The summed E-state index contributed by atoms with van der Waals surface area (Å²) in [7, 11) is 1.41. The van der Waals surface area contributed by atoms with E-state index in [0.29, 0.717) is 12.8 Å². The summed E-state index contributed by atoms with van der Waals surface area (Å²) >= 11 is 0. The smallest absolute Gasteiger partial charge is 0.305 e. The summed E-state index contributed by atoms with van der Waals surface area (Å²) in [5.41, 5.74) is 2.36. The molecule has 1 aromatic carbocycles. The predicted octanol–water partition coefficient (Wildman–Crippen LogP) is 1.87. The molecule has 104 valence electrons. The van der Waals surface area contributed by atoms with Crippen molar-refractivity contribution in [1.29, 1.82) is 0 Å². The Morgan fingerprint density at radius 2 is 2.37 bits per heavy atom. The molecule has 1 aromatic rings. The van der Waals surface area contributed by atoms with Crippen LogP contribution in [0.5, 0.6) is 5.75 Å². The zero-order valence-electron chi connectivity index (χ0n) is 11.2. The first-order valence-electron chi connectivity index (χ1n) is 6.69. The van der Waals surface area contributed by atoms with Crippen molar-refractivity contribution in [1.82, 2.24) is 0 Å². The number of benzene rings is 1. The molecule has 0 saturated heterocycles. The van der Waals surface area contributed by atoms with Crippen LogP contribution >= 0.6 is 0 Å². The minimum atomic E-state index is -0.187. The van der Waals surface area contributed by atoms with E-state index in [9.17, 15) is 4.79 Å². The Hall–Kier alpha value is -1.55. The maximum Gasteiger partial charge on any atom is 0.305 e. The van der Waals surface area contributed by atoms with E-state index in [0.717, 1.165) is 30.6 Å². The van der Waals surface area contributed by atoms with Gasteiger partial charge in [0.15, 0.2) is 0 Å². The number of aliphatic hydroxyl groups is 1. The molecule has 1 N–H and O–H groups in total. The van der Waals surface area contributed by atoms with Crippen molar-refractivity contribution < 1.29 is 19.4 Å². The second kappa shape index (κ2) is 6.57. The Bertz CT molecular complexity index is 442. The number of aryl methyl sites for hydroxylation is 1. The molecular weight excluding hydrogens is 244 g/mol. The van der Waals surface area contributed by atoms with Crippen molar-refractivity contribution in [2.24, 2.45) is 0 Å². The lowest BCUT2D eigenvalue weighted by Gasteiger charge is -2.08. The summed E-state index contributed by atoms with van der Waals surface area (Å²) in [6.07, 6.45) is 3.73. The Kier molecular flexibility index (Phi) is 4.80. The van der Waals surface area contributed by atoms with Crippen LogP contribution in [0.2, 0.25) is 0 Å². The van der Waals surface area contributed by atoms with Gasteiger partial charge in [0.25, 0.3) is 0 Å². The summed E-state index contributed by atoms with van der Waals surface area (Å²) in [4.78, 5) is 11.2. The number of methoxy groups -OCH3 is 1. The van der Waals surface area contributed by atoms with Gasteiger partial charge in [-0.2, -0.15) is 0 Å².